The molecular weight excluding hydrogens is 342 g/mol. The van der Waals surface area contributed by atoms with Crippen LogP contribution in [0, 0.1) is 0 Å². The fraction of sp³-hybridized carbons (Fsp3) is 0.562. The van der Waals surface area contributed by atoms with Gasteiger partial charge in [-0.05, 0) is 19.2 Å². The van der Waals surface area contributed by atoms with Crippen molar-refractivity contribution in [1.82, 2.24) is 24.6 Å². The fourth-order valence-corrected chi connectivity index (χ4v) is 3.51. The number of carbonyl (C=O) groups excluding carboxylic acids is 1. The van der Waals surface area contributed by atoms with Crippen molar-refractivity contribution in [1.29, 1.82) is 0 Å². The number of rotatable bonds is 7. The van der Waals surface area contributed by atoms with Crippen molar-refractivity contribution in [3.8, 4) is 11.6 Å². The molecule has 0 spiro atoms. The SMILES string of the molecule is COCCn1c(SCC(=O)N2CCN(C)CC2)nnc1-c1ccco1. The first-order valence-corrected chi connectivity index (χ1v) is 9.22. The van der Waals surface area contributed by atoms with Crippen molar-refractivity contribution < 1.29 is 13.9 Å². The molecule has 3 rings (SSSR count). The third-order valence-corrected chi connectivity index (χ3v) is 5.11. The minimum absolute atomic E-state index is 0.138. The summed E-state index contributed by atoms with van der Waals surface area (Å²) >= 11 is 1.41. The van der Waals surface area contributed by atoms with Crippen LogP contribution in [-0.2, 0) is 16.1 Å². The van der Waals surface area contributed by atoms with Gasteiger partial charge in [-0.2, -0.15) is 0 Å². The van der Waals surface area contributed by atoms with Crippen LogP contribution >= 0.6 is 11.8 Å². The van der Waals surface area contributed by atoms with E-state index in [-0.39, 0.29) is 5.91 Å². The Morgan fingerprint density at radius 2 is 2.12 bits per heavy atom. The Hall–Kier alpha value is -1.84. The van der Waals surface area contributed by atoms with E-state index in [0.717, 1.165) is 26.2 Å². The smallest absolute Gasteiger partial charge is 0.233 e. The summed E-state index contributed by atoms with van der Waals surface area (Å²) in [6.45, 7) is 4.54. The molecule has 1 aliphatic heterocycles. The Labute approximate surface area is 151 Å². The number of hydrogen-bond acceptors (Lipinski definition) is 7. The number of nitrogens with zero attached hydrogens (tertiary/aromatic N) is 5. The van der Waals surface area contributed by atoms with Crippen molar-refractivity contribution >= 4 is 17.7 Å². The van der Waals surface area contributed by atoms with E-state index in [1.54, 1.807) is 13.4 Å². The zero-order chi connectivity index (χ0) is 17.6. The first kappa shape index (κ1) is 18.0. The lowest BCUT2D eigenvalue weighted by atomic mass is 10.3. The van der Waals surface area contributed by atoms with Crippen LogP contribution in [0.5, 0.6) is 0 Å². The Bertz CT molecular complexity index is 680. The number of likely N-dealkylation sites (N-methyl/N-ethyl adjacent to an activating group) is 1. The minimum Gasteiger partial charge on any atom is -0.461 e. The molecule has 0 bridgehead atoms. The molecule has 2 aromatic rings. The third kappa shape index (κ3) is 4.42. The highest BCUT2D eigenvalue weighted by Gasteiger charge is 2.21. The predicted molar refractivity (Wildman–Crippen MR) is 94.4 cm³/mol. The van der Waals surface area contributed by atoms with Crippen LogP contribution in [0.15, 0.2) is 28.0 Å². The van der Waals surface area contributed by atoms with Gasteiger partial charge in [0.15, 0.2) is 10.9 Å². The van der Waals surface area contributed by atoms with Crippen LogP contribution in [0.25, 0.3) is 11.6 Å². The van der Waals surface area contributed by atoms with Crippen molar-refractivity contribution in [3.05, 3.63) is 18.4 Å². The summed E-state index contributed by atoms with van der Waals surface area (Å²) in [6, 6.07) is 3.66. The number of hydrogen-bond donors (Lipinski definition) is 0. The number of methoxy groups -OCH3 is 1. The topological polar surface area (TPSA) is 76.6 Å². The summed E-state index contributed by atoms with van der Waals surface area (Å²) in [6.07, 6.45) is 1.61. The molecule has 1 fully saturated rings. The quantitative estimate of drug-likeness (QED) is 0.679. The van der Waals surface area contributed by atoms with Gasteiger partial charge in [-0.1, -0.05) is 11.8 Å². The number of amides is 1. The molecule has 0 radical (unpaired) electrons. The first-order valence-electron chi connectivity index (χ1n) is 8.24. The summed E-state index contributed by atoms with van der Waals surface area (Å²) in [5, 5.41) is 9.16. The van der Waals surface area contributed by atoms with Crippen LogP contribution in [0.4, 0.5) is 0 Å². The molecule has 136 valence electrons. The van der Waals surface area contributed by atoms with E-state index in [1.807, 2.05) is 21.6 Å². The lowest BCUT2D eigenvalue weighted by molar-refractivity contribution is -0.129. The zero-order valence-corrected chi connectivity index (χ0v) is 15.4. The normalized spacial score (nSPS) is 15.7. The van der Waals surface area contributed by atoms with Gasteiger partial charge in [0.2, 0.25) is 11.7 Å². The molecule has 0 unspecified atom stereocenters. The van der Waals surface area contributed by atoms with Gasteiger partial charge in [-0.15, -0.1) is 10.2 Å². The lowest BCUT2D eigenvalue weighted by Gasteiger charge is -2.32. The van der Waals surface area contributed by atoms with E-state index in [1.165, 1.54) is 11.8 Å². The summed E-state index contributed by atoms with van der Waals surface area (Å²) in [5.41, 5.74) is 0. The highest BCUT2D eigenvalue weighted by Crippen LogP contribution is 2.24. The second-order valence-corrected chi connectivity index (χ2v) is 6.84. The molecule has 0 saturated carbocycles. The van der Waals surface area contributed by atoms with Crippen molar-refractivity contribution in [2.24, 2.45) is 0 Å². The number of carbonyl (C=O) groups is 1. The second-order valence-electron chi connectivity index (χ2n) is 5.90. The minimum atomic E-state index is 0.138. The monoisotopic (exact) mass is 365 g/mol. The van der Waals surface area contributed by atoms with E-state index in [4.69, 9.17) is 9.15 Å². The van der Waals surface area contributed by atoms with Gasteiger partial charge >= 0.3 is 0 Å². The molecule has 0 N–H and O–H groups in total. The average Bonchev–Trinajstić information content (AvgIpc) is 3.27. The lowest BCUT2D eigenvalue weighted by Crippen LogP contribution is -2.47. The molecular formula is C16H23N5O3S. The van der Waals surface area contributed by atoms with Crippen LogP contribution in [0.2, 0.25) is 0 Å². The first-order chi connectivity index (χ1) is 12.2. The number of ether oxygens (including phenoxy) is 1. The molecule has 1 amide bonds. The molecule has 1 saturated heterocycles. The average molecular weight is 365 g/mol. The summed E-state index contributed by atoms with van der Waals surface area (Å²) in [5.74, 6) is 1.80. The Morgan fingerprint density at radius 3 is 2.80 bits per heavy atom. The highest BCUT2D eigenvalue weighted by atomic mass is 32.2. The standard InChI is InChI=1S/C16H23N5O3S/c1-19-5-7-20(8-6-19)14(22)12-25-16-18-17-15(13-4-3-10-24-13)21(16)9-11-23-2/h3-4,10H,5-9,11-12H2,1-2H3. The molecule has 2 aromatic heterocycles. The molecule has 8 nitrogen and oxygen atoms in total. The van der Waals surface area contributed by atoms with Gasteiger partial charge < -0.3 is 19.0 Å². The Kier molecular flexibility index (Phi) is 6.11. The number of piperazine rings is 1. The predicted octanol–water partition coefficient (Wildman–Crippen LogP) is 1.05. The number of aromatic nitrogens is 3. The van der Waals surface area contributed by atoms with Crippen LogP contribution in [0.3, 0.4) is 0 Å². The summed E-state index contributed by atoms with van der Waals surface area (Å²) in [4.78, 5) is 16.6. The number of thioether (sulfide) groups is 1. The highest BCUT2D eigenvalue weighted by molar-refractivity contribution is 7.99. The van der Waals surface area contributed by atoms with Gasteiger partial charge in [0.25, 0.3) is 0 Å². The number of furan rings is 1. The molecule has 0 aromatic carbocycles. The van der Waals surface area contributed by atoms with Gasteiger partial charge in [-0.25, -0.2) is 0 Å². The van der Waals surface area contributed by atoms with E-state index < -0.39 is 0 Å². The molecule has 0 atom stereocenters. The largest absolute Gasteiger partial charge is 0.461 e. The third-order valence-electron chi connectivity index (χ3n) is 4.16. The maximum atomic E-state index is 12.4. The van der Waals surface area contributed by atoms with Crippen LogP contribution < -0.4 is 0 Å². The van der Waals surface area contributed by atoms with E-state index in [9.17, 15) is 4.79 Å². The Morgan fingerprint density at radius 1 is 1.32 bits per heavy atom. The zero-order valence-electron chi connectivity index (χ0n) is 14.6. The Balaban J connectivity index is 1.66. The van der Waals surface area contributed by atoms with Crippen molar-refractivity contribution in [2.75, 3.05) is 52.7 Å². The van der Waals surface area contributed by atoms with Crippen LogP contribution in [-0.4, -0.2) is 83.2 Å². The summed E-state index contributed by atoms with van der Waals surface area (Å²) in [7, 11) is 3.73. The van der Waals surface area contributed by atoms with E-state index >= 15 is 0 Å². The molecule has 25 heavy (non-hydrogen) atoms. The van der Waals surface area contributed by atoms with Gasteiger partial charge in [0.1, 0.15) is 0 Å². The molecule has 3 heterocycles. The molecule has 0 aliphatic carbocycles. The van der Waals surface area contributed by atoms with Gasteiger partial charge in [0.05, 0.1) is 25.2 Å². The second kappa shape index (κ2) is 8.50. The molecule has 9 heteroatoms. The van der Waals surface area contributed by atoms with E-state index in [2.05, 4.69) is 22.1 Å². The maximum Gasteiger partial charge on any atom is 0.233 e. The van der Waals surface area contributed by atoms with E-state index in [0.29, 0.717) is 35.6 Å². The summed E-state index contributed by atoms with van der Waals surface area (Å²) < 4.78 is 12.5. The van der Waals surface area contributed by atoms with Crippen molar-refractivity contribution in [2.45, 2.75) is 11.7 Å². The van der Waals surface area contributed by atoms with Crippen molar-refractivity contribution in [3.63, 3.8) is 0 Å². The van der Waals surface area contributed by atoms with Gasteiger partial charge in [-0.3, -0.25) is 9.36 Å². The molecule has 1 aliphatic rings. The van der Waals surface area contributed by atoms with Gasteiger partial charge in [0, 0.05) is 33.3 Å². The van der Waals surface area contributed by atoms with Crippen LogP contribution in [0.1, 0.15) is 0 Å². The maximum absolute atomic E-state index is 12.4. The fourth-order valence-electron chi connectivity index (χ4n) is 2.64.